The van der Waals surface area contributed by atoms with Crippen LogP contribution >= 0.6 is 0 Å². The summed E-state index contributed by atoms with van der Waals surface area (Å²) in [6.45, 7) is 5.74. The molecule has 0 aliphatic carbocycles. The fourth-order valence-corrected chi connectivity index (χ4v) is 11.2. The Labute approximate surface area is 248 Å². The normalized spacial score (nSPS) is 14.5. The van der Waals surface area contributed by atoms with Crippen LogP contribution in [0.25, 0.3) is 34.8 Å². The molecule has 0 fully saturated rings. The summed E-state index contributed by atoms with van der Waals surface area (Å²) in [5.74, 6) is 3.46. The van der Waals surface area contributed by atoms with E-state index < -0.39 is 8.07 Å². The van der Waals surface area contributed by atoms with Crippen LogP contribution < -0.4 is 15.6 Å². The van der Waals surface area contributed by atoms with Gasteiger partial charge in [0.05, 0.1) is 0 Å². The number of benzene rings is 3. The summed E-state index contributed by atoms with van der Waals surface area (Å²) in [7, 11) is -2.56. The molecule has 3 aromatic carbocycles. The molecule has 0 N–H and O–H groups in total. The lowest BCUT2D eigenvalue weighted by atomic mass is 10.1. The van der Waals surface area contributed by atoms with Crippen molar-refractivity contribution in [3.8, 4) is 11.4 Å². The molecule has 0 bridgehead atoms. The molecule has 0 saturated carbocycles. The van der Waals surface area contributed by atoms with E-state index in [0.29, 0.717) is 34.8 Å². The van der Waals surface area contributed by atoms with Crippen molar-refractivity contribution in [3.05, 3.63) is 126 Å². The number of hydrogen-bond acceptors (Lipinski definition) is 6. The molecule has 0 radical (unpaired) electrons. The number of allylic oxidation sites excluding steroid dienone is 5. The smallest absolute Gasteiger partial charge is 0.194 e. The first-order chi connectivity index (χ1) is 21.1. The van der Waals surface area contributed by atoms with Gasteiger partial charge in [-0.2, -0.15) is 28.5 Å². The third-order valence-corrected chi connectivity index (χ3v) is 12.8. The minimum atomic E-state index is -2.56. The van der Waals surface area contributed by atoms with Gasteiger partial charge in [0.25, 0.3) is 17.3 Å². The van der Waals surface area contributed by atoms with Crippen LogP contribution in [0.3, 0.4) is 0 Å². The number of hydrogen-bond donors (Lipinski definition) is 0. The molecule has 5 heterocycles. The first kappa shape index (κ1) is 25.2. The molecule has 43 heavy (non-hydrogen) atoms. The van der Waals surface area contributed by atoms with Crippen molar-refractivity contribution >= 4 is 47.0 Å². The Kier molecular flexibility index (Phi) is 5.60. The van der Waals surface area contributed by atoms with Crippen molar-refractivity contribution in [2.24, 2.45) is 0 Å². The highest BCUT2D eigenvalue weighted by molar-refractivity contribution is 7.18. The highest BCUT2D eigenvalue weighted by atomic mass is 28.3. The quantitative estimate of drug-likeness (QED) is 0.229. The van der Waals surface area contributed by atoms with E-state index in [1.54, 1.807) is 13.5 Å². The van der Waals surface area contributed by atoms with Crippen molar-refractivity contribution in [1.82, 2.24) is 43.8 Å². The molecule has 9 nitrogen and oxygen atoms in total. The summed E-state index contributed by atoms with van der Waals surface area (Å²) in [4.78, 5) is 14.1. The van der Waals surface area contributed by atoms with E-state index in [9.17, 15) is 0 Å². The van der Waals surface area contributed by atoms with Crippen LogP contribution in [0.5, 0.6) is 0 Å². The lowest BCUT2D eigenvalue weighted by Gasteiger charge is -2.32. The van der Waals surface area contributed by atoms with Crippen LogP contribution in [0.1, 0.15) is 24.1 Å². The fraction of sp³-hybridized carbons (Fsp3) is 0.0909. The summed E-state index contributed by atoms with van der Waals surface area (Å²) < 4.78 is 5.03. The monoisotopic (exact) mass is 577 g/mol. The van der Waals surface area contributed by atoms with Crippen LogP contribution in [0.4, 0.5) is 0 Å². The van der Waals surface area contributed by atoms with Crippen molar-refractivity contribution in [3.63, 3.8) is 0 Å². The van der Waals surface area contributed by atoms with E-state index >= 15 is 0 Å². The summed E-state index contributed by atoms with van der Waals surface area (Å²) >= 11 is 0. The average molecular weight is 578 g/mol. The number of aromatic nitrogens is 9. The van der Waals surface area contributed by atoms with E-state index in [4.69, 9.17) is 10.1 Å². The van der Waals surface area contributed by atoms with E-state index in [-0.39, 0.29) is 0 Å². The van der Waals surface area contributed by atoms with Gasteiger partial charge >= 0.3 is 0 Å². The zero-order valence-electron chi connectivity index (χ0n) is 23.9. The van der Waals surface area contributed by atoms with E-state index in [2.05, 4.69) is 129 Å². The molecular weight excluding hydrogens is 551 g/mol. The average Bonchev–Trinajstić information content (AvgIpc) is 3.80. The molecule has 0 amide bonds. The maximum atomic E-state index is 4.94. The highest BCUT2D eigenvalue weighted by Gasteiger charge is 2.46. The summed E-state index contributed by atoms with van der Waals surface area (Å²) in [6.07, 6.45) is 10.9. The third-order valence-electron chi connectivity index (χ3n) is 8.00. The maximum Gasteiger partial charge on any atom is 0.260 e. The van der Waals surface area contributed by atoms with Crippen LogP contribution in [-0.4, -0.2) is 51.9 Å². The largest absolute Gasteiger partial charge is 0.260 e. The Morgan fingerprint density at radius 1 is 0.651 bits per heavy atom. The molecule has 0 spiro atoms. The molecular formula is C33H27N9Si. The van der Waals surface area contributed by atoms with Gasteiger partial charge < -0.3 is 0 Å². The topological polar surface area (TPSA) is 90.6 Å². The van der Waals surface area contributed by atoms with Crippen LogP contribution in [0.15, 0.2) is 108 Å². The van der Waals surface area contributed by atoms with Gasteiger partial charge in [-0.15, -0.1) is 15.3 Å². The molecule has 7 aromatic rings. The zero-order valence-corrected chi connectivity index (χ0v) is 24.9. The summed E-state index contributed by atoms with van der Waals surface area (Å²) in [5.41, 5.74) is 2.10. The second-order valence-corrected chi connectivity index (χ2v) is 14.4. The molecule has 208 valence electrons. The molecule has 4 aromatic heterocycles. The lowest BCUT2D eigenvalue weighted by molar-refractivity contribution is 0.811. The highest BCUT2D eigenvalue weighted by Crippen LogP contribution is 2.31. The van der Waals surface area contributed by atoms with Crippen molar-refractivity contribution in [2.45, 2.75) is 20.8 Å². The first-order valence-electron chi connectivity index (χ1n) is 14.2. The van der Waals surface area contributed by atoms with Gasteiger partial charge in [-0.05, 0) is 53.2 Å². The Hall–Kier alpha value is -5.48. The fourth-order valence-electron chi connectivity index (χ4n) is 6.27. The van der Waals surface area contributed by atoms with Gasteiger partial charge in [0.15, 0.2) is 13.9 Å². The molecule has 1 aliphatic heterocycles. The first-order valence-corrected chi connectivity index (χ1v) is 16.2. The van der Waals surface area contributed by atoms with E-state index in [1.165, 1.54) is 26.3 Å². The summed E-state index contributed by atoms with van der Waals surface area (Å²) in [5, 5.41) is 19.4. The predicted octanol–water partition coefficient (Wildman–Crippen LogP) is 3.64. The predicted molar refractivity (Wildman–Crippen MR) is 170 cm³/mol. The standard InChI is InChI=1S/C33H27N9Si/c1-4-5-8-17-28-21-25-20-24(18-19-29(25)43(28,26-13-9-6-10-14-26)27-15-11-7-12-16-27)30-36-33-41-31(34-22(2)38-41)40-32(42(33)39-30)35-23(3)37-40/h4-21H,1-3H3/b5-4-,17-8-. The van der Waals surface area contributed by atoms with Crippen LogP contribution in [0, 0.1) is 13.8 Å². The summed E-state index contributed by atoms with van der Waals surface area (Å²) in [6, 6.07) is 28.5. The Balaban J connectivity index is 1.37. The number of nitrogens with zero attached hydrogens (tertiary/aromatic N) is 9. The van der Waals surface area contributed by atoms with Crippen LogP contribution in [0.2, 0.25) is 0 Å². The second-order valence-electron chi connectivity index (χ2n) is 10.7. The number of aryl methyl sites for hydroxylation is 2. The van der Waals surface area contributed by atoms with Crippen molar-refractivity contribution in [2.75, 3.05) is 0 Å². The molecule has 10 heteroatoms. The second kappa shape index (κ2) is 9.53. The van der Waals surface area contributed by atoms with Gasteiger partial charge in [0.1, 0.15) is 11.6 Å². The molecule has 0 unspecified atom stereocenters. The van der Waals surface area contributed by atoms with Gasteiger partial charge in [-0.1, -0.05) is 103 Å². The molecule has 0 atom stereocenters. The van der Waals surface area contributed by atoms with Gasteiger partial charge in [0.2, 0.25) is 0 Å². The van der Waals surface area contributed by atoms with E-state index in [1.807, 2.05) is 20.8 Å². The maximum absolute atomic E-state index is 4.94. The van der Waals surface area contributed by atoms with Gasteiger partial charge in [-0.25, -0.2) is 0 Å². The van der Waals surface area contributed by atoms with E-state index in [0.717, 1.165) is 5.56 Å². The van der Waals surface area contributed by atoms with Crippen molar-refractivity contribution < 1.29 is 0 Å². The molecule has 8 rings (SSSR count). The van der Waals surface area contributed by atoms with Crippen LogP contribution in [-0.2, 0) is 0 Å². The SMILES string of the molecule is C/C=C\C=C/C1=Cc2cc(-c3nc4n5nc(C)nc5n5nc(C)nc5n4n3)ccc2[Si]1(c1ccccc1)c1ccccc1. The minimum absolute atomic E-state index is 0.536. The minimum Gasteiger partial charge on any atom is -0.194 e. The van der Waals surface area contributed by atoms with Crippen molar-refractivity contribution in [1.29, 1.82) is 0 Å². The Bertz CT molecular complexity index is 2160. The number of fused-ring (bicyclic) bond motifs is 7. The molecule has 0 saturated heterocycles. The zero-order chi connectivity index (χ0) is 29.1. The van der Waals surface area contributed by atoms with Gasteiger partial charge in [-0.3, -0.25) is 0 Å². The number of rotatable bonds is 5. The Morgan fingerprint density at radius 3 is 1.84 bits per heavy atom. The third kappa shape index (κ3) is 3.69. The molecule has 1 aliphatic rings. The lowest BCUT2D eigenvalue weighted by Crippen LogP contribution is -2.67. The Morgan fingerprint density at radius 2 is 1.23 bits per heavy atom. The van der Waals surface area contributed by atoms with Gasteiger partial charge in [0, 0.05) is 5.56 Å².